The topological polar surface area (TPSA) is 29.3 Å². The third kappa shape index (κ3) is 5.00. The molecule has 0 aliphatic rings. The highest BCUT2D eigenvalue weighted by Gasteiger charge is 2.17. The van der Waals surface area contributed by atoms with E-state index in [-0.39, 0.29) is 6.04 Å². The van der Waals surface area contributed by atoms with Gasteiger partial charge in [0.25, 0.3) is 0 Å². The second-order valence-corrected chi connectivity index (χ2v) is 6.26. The van der Waals surface area contributed by atoms with E-state index in [1.807, 2.05) is 11.8 Å². The molecule has 0 bridgehead atoms. The molecule has 0 amide bonds. The van der Waals surface area contributed by atoms with Crippen LogP contribution in [0.4, 0.5) is 0 Å². The molecule has 2 unspecified atom stereocenters. The summed E-state index contributed by atoms with van der Waals surface area (Å²) < 4.78 is 0. The highest BCUT2D eigenvalue weighted by molar-refractivity contribution is 7.99. The summed E-state index contributed by atoms with van der Waals surface area (Å²) in [6.07, 6.45) is 0. The third-order valence-electron chi connectivity index (χ3n) is 2.95. The molecule has 0 saturated carbocycles. The minimum Gasteiger partial charge on any atom is -0.327 e. The van der Waals surface area contributed by atoms with Crippen LogP contribution < -0.4 is 5.73 Å². The fourth-order valence-electron chi connectivity index (χ4n) is 1.84. The lowest BCUT2D eigenvalue weighted by Gasteiger charge is -2.22. The lowest BCUT2D eigenvalue weighted by Crippen LogP contribution is -2.27. The van der Waals surface area contributed by atoms with Crippen molar-refractivity contribution in [2.75, 3.05) is 25.4 Å². The maximum atomic E-state index is 6.08. The largest absolute Gasteiger partial charge is 0.327 e. The Morgan fingerprint density at radius 3 is 2.59 bits per heavy atom. The second-order valence-electron chi connectivity index (χ2n) is 4.23. The second kappa shape index (κ2) is 8.14. The van der Waals surface area contributed by atoms with Crippen molar-refractivity contribution < 1.29 is 0 Å². The van der Waals surface area contributed by atoms with Gasteiger partial charge in [-0.05, 0) is 42.4 Å². The number of thioether (sulfide) groups is 1. The van der Waals surface area contributed by atoms with Crippen molar-refractivity contribution in [2.45, 2.75) is 32.1 Å². The van der Waals surface area contributed by atoms with Gasteiger partial charge in [-0.15, -0.1) is 0 Å². The van der Waals surface area contributed by atoms with Crippen LogP contribution in [0.2, 0.25) is 0 Å². The first kappa shape index (κ1) is 15.0. The Labute approximate surface area is 114 Å². The maximum absolute atomic E-state index is 6.08. The Kier molecular flexibility index (Phi) is 7.19. The summed E-state index contributed by atoms with van der Waals surface area (Å²) in [5.41, 5.74) is 7.46. The van der Waals surface area contributed by atoms with E-state index >= 15 is 0 Å². The summed E-state index contributed by atoms with van der Waals surface area (Å²) in [6, 6.07) is 2.41. The van der Waals surface area contributed by atoms with Gasteiger partial charge in [-0.3, -0.25) is 0 Å². The van der Waals surface area contributed by atoms with Gasteiger partial charge in [0.05, 0.1) is 0 Å². The number of rotatable bonds is 8. The van der Waals surface area contributed by atoms with Crippen molar-refractivity contribution in [1.29, 1.82) is 0 Å². The van der Waals surface area contributed by atoms with Gasteiger partial charge in [-0.1, -0.05) is 13.8 Å². The Morgan fingerprint density at radius 2 is 2.12 bits per heavy atom. The predicted molar refractivity (Wildman–Crippen MR) is 81.0 cm³/mol. The summed E-state index contributed by atoms with van der Waals surface area (Å²) in [5.74, 6) is 1.16. The van der Waals surface area contributed by atoms with Crippen molar-refractivity contribution in [3.05, 3.63) is 22.4 Å². The molecule has 2 nitrogen and oxygen atoms in total. The zero-order valence-corrected chi connectivity index (χ0v) is 12.7. The van der Waals surface area contributed by atoms with E-state index < -0.39 is 0 Å². The van der Waals surface area contributed by atoms with E-state index in [0.717, 1.165) is 25.4 Å². The highest BCUT2D eigenvalue weighted by atomic mass is 32.2. The van der Waals surface area contributed by atoms with E-state index in [4.69, 9.17) is 5.73 Å². The zero-order chi connectivity index (χ0) is 12.7. The van der Waals surface area contributed by atoms with Crippen molar-refractivity contribution in [2.24, 2.45) is 5.73 Å². The van der Waals surface area contributed by atoms with Crippen LogP contribution in [0.25, 0.3) is 0 Å². The van der Waals surface area contributed by atoms with E-state index in [0.29, 0.717) is 5.25 Å². The SMILES string of the molecule is CCN(CC)CCSC(c1ccsc1)C(C)N. The molecule has 0 fully saturated rings. The third-order valence-corrected chi connectivity index (χ3v) is 5.13. The van der Waals surface area contributed by atoms with E-state index in [1.165, 1.54) is 5.56 Å². The molecule has 4 heteroatoms. The number of thiophene rings is 1. The Bertz CT molecular complexity index is 282. The first-order valence-corrected chi connectivity index (χ1v) is 8.29. The van der Waals surface area contributed by atoms with Crippen molar-refractivity contribution in [3.8, 4) is 0 Å². The molecular formula is C13H24N2S2. The number of nitrogens with zero attached hydrogens (tertiary/aromatic N) is 1. The summed E-state index contributed by atoms with van der Waals surface area (Å²) in [5, 5.41) is 4.80. The van der Waals surface area contributed by atoms with Crippen LogP contribution >= 0.6 is 23.1 Å². The van der Waals surface area contributed by atoms with Gasteiger partial charge < -0.3 is 10.6 Å². The molecule has 2 atom stereocenters. The van der Waals surface area contributed by atoms with Gasteiger partial charge in [-0.2, -0.15) is 23.1 Å². The molecular weight excluding hydrogens is 248 g/mol. The molecule has 1 rings (SSSR count). The van der Waals surface area contributed by atoms with Crippen LogP contribution in [-0.4, -0.2) is 36.3 Å². The molecule has 0 aliphatic heterocycles. The van der Waals surface area contributed by atoms with E-state index in [2.05, 4.69) is 42.5 Å². The molecule has 2 N–H and O–H groups in total. The number of nitrogens with two attached hydrogens (primary N) is 1. The molecule has 0 radical (unpaired) electrons. The smallest absolute Gasteiger partial charge is 0.0454 e. The summed E-state index contributed by atoms with van der Waals surface area (Å²) in [7, 11) is 0. The Hall–Kier alpha value is -0.0300. The summed E-state index contributed by atoms with van der Waals surface area (Å²) in [4.78, 5) is 2.46. The number of hydrogen-bond donors (Lipinski definition) is 1. The van der Waals surface area contributed by atoms with Crippen LogP contribution in [0.5, 0.6) is 0 Å². The predicted octanol–water partition coefficient (Wildman–Crippen LogP) is 3.21. The molecule has 0 aliphatic carbocycles. The van der Waals surface area contributed by atoms with Gasteiger partial charge >= 0.3 is 0 Å². The maximum Gasteiger partial charge on any atom is 0.0454 e. The molecule has 98 valence electrons. The quantitative estimate of drug-likeness (QED) is 0.788. The monoisotopic (exact) mass is 272 g/mol. The normalized spacial score (nSPS) is 15.1. The fourth-order valence-corrected chi connectivity index (χ4v) is 3.88. The van der Waals surface area contributed by atoms with Crippen LogP contribution in [0, 0.1) is 0 Å². The molecule has 1 aromatic heterocycles. The average Bonchev–Trinajstić information content (AvgIpc) is 2.82. The lowest BCUT2D eigenvalue weighted by molar-refractivity contribution is 0.323. The zero-order valence-electron chi connectivity index (χ0n) is 11.1. The van der Waals surface area contributed by atoms with Gasteiger partial charge in [0.1, 0.15) is 0 Å². The van der Waals surface area contributed by atoms with Gasteiger partial charge in [0.15, 0.2) is 0 Å². The minimum atomic E-state index is 0.214. The minimum absolute atomic E-state index is 0.214. The van der Waals surface area contributed by atoms with Gasteiger partial charge in [0.2, 0.25) is 0 Å². The molecule has 0 aromatic carbocycles. The summed E-state index contributed by atoms with van der Waals surface area (Å²) in [6.45, 7) is 9.97. The van der Waals surface area contributed by atoms with Crippen LogP contribution in [0.1, 0.15) is 31.6 Å². The van der Waals surface area contributed by atoms with Gasteiger partial charge in [0, 0.05) is 23.6 Å². The van der Waals surface area contributed by atoms with Crippen LogP contribution in [0.15, 0.2) is 16.8 Å². The van der Waals surface area contributed by atoms with E-state index in [1.54, 1.807) is 11.3 Å². The van der Waals surface area contributed by atoms with Crippen molar-refractivity contribution in [1.82, 2.24) is 4.90 Å². The van der Waals surface area contributed by atoms with Gasteiger partial charge in [-0.25, -0.2) is 0 Å². The Balaban J connectivity index is 2.41. The molecule has 0 saturated heterocycles. The van der Waals surface area contributed by atoms with Crippen molar-refractivity contribution in [3.63, 3.8) is 0 Å². The van der Waals surface area contributed by atoms with Crippen molar-refractivity contribution >= 4 is 23.1 Å². The first-order valence-electron chi connectivity index (χ1n) is 6.30. The Morgan fingerprint density at radius 1 is 1.41 bits per heavy atom. The fraction of sp³-hybridized carbons (Fsp3) is 0.692. The van der Waals surface area contributed by atoms with Crippen LogP contribution in [-0.2, 0) is 0 Å². The average molecular weight is 272 g/mol. The van der Waals surface area contributed by atoms with E-state index in [9.17, 15) is 0 Å². The highest BCUT2D eigenvalue weighted by Crippen LogP contribution is 2.32. The standard InChI is InChI=1S/C13H24N2S2/c1-4-15(5-2)7-9-17-13(11(3)14)12-6-8-16-10-12/h6,8,10-11,13H,4-5,7,9,14H2,1-3H3. The molecule has 17 heavy (non-hydrogen) atoms. The lowest BCUT2D eigenvalue weighted by atomic mass is 10.1. The van der Waals surface area contributed by atoms with Crippen LogP contribution in [0.3, 0.4) is 0 Å². The molecule has 1 aromatic rings. The number of hydrogen-bond acceptors (Lipinski definition) is 4. The summed E-state index contributed by atoms with van der Waals surface area (Å²) >= 11 is 3.74. The molecule has 0 spiro atoms. The molecule has 1 heterocycles. The first-order chi connectivity index (χ1) is 8.19.